The third-order valence-corrected chi connectivity index (χ3v) is 5.30. The molecule has 0 aromatic carbocycles. The summed E-state index contributed by atoms with van der Waals surface area (Å²) in [5, 5.41) is 2.29. The molecule has 2 aliphatic rings. The normalized spacial score (nSPS) is 27.5. The molecular weight excluding hydrogens is 350 g/mol. The van der Waals surface area contributed by atoms with Gasteiger partial charge in [0.15, 0.2) is 0 Å². The van der Waals surface area contributed by atoms with E-state index < -0.39 is 23.8 Å². The van der Waals surface area contributed by atoms with Crippen molar-refractivity contribution in [2.75, 3.05) is 13.1 Å². The van der Waals surface area contributed by atoms with Gasteiger partial charge in [0.05, 0.1) is 5.92 Å². The first-order chi connectivity index (χ1) is 12.7. The highest BCUT2D eigenvalue weighted by Gasteiger charge is 2.32. The third kappa shape index (κ3) is 5.27. The zero-order valence-corrected chi connectivity index (χ0v) is 16.6. The lowest BCUT2D eigenvalue weighted by Gasteiger charge is -2.36. The number of rotatable bonds is 5. The van der Waals surface area contributed by atoms with Crippen molar-refractivity contribution < 1.29 is 18.4 Å². The Morgan fingerprint density at radius 1 is 1.30 bits per heavy atom. The van der Waals surface area contributed by atoms with Gasteiger partial charge in [-0.05, 0) is 50.7 Å². The number of carbonyl (C=O) groups excluding carboxylic acids is 2. The summed E-state index contributed by atoms with van der Waals surface area (Å²) in [6, 6.07) is 0. The van der Waals surface area contributed by atoms with E-state index in [-0.39, 0.29) is 24.8 Å². The fourth-order valence-corrected chi connectivity index (χ4v) is 3.61. The van der Waals surface area contributed by atoms with Crippen molar-refractivity contribution in [2.45, 2.75) is 59.5 Å². The number of nitrogens with zero attached hydrogens (tertiary/aromatic N) is 1. The number of hydrogen-bond acceptors (Lipinski definition) is 3. The van der Waals surface area contributed by atoms with E-state index in [0.29, 0.717) is 30.7 Å². The Bertz CT molecular complexity index is 678. The van der Waals surface area contributed by atoms with Crippen LogP contribution in [-0.4, -0.2) is 36.0 Å². The van der Waals surface area contributed by atoms with Crippen molar-refractivity contribution in [3.63, 3.8) is 0 Å². The number of hydrogen-bond donors (Lipinski definition) is 1. The van der Waals surface area contributed by atoms with Gasteiger partial charge >= 0.3 is 0 Å². The minimum absolute atomic E-state index is 0.00695. The van der Waals surface area contributed by atoms with Crippen molar-refractivity contribution in [3.05, 3.63) is 34.8 Å². The van der Waals surface area contributed by atoms with E-state index in [4.69, 9.17) is 0 Å². The van der Waals surface area contributed by atoms with E-state index in [2.05, 4.69) is 5.32 Å². The Kier molecular flexibility index (Phi) is 7.33. The quantitative estimate of drug-likeness (QED) is 0.574. The van der Waals surface area contributed by atoms with Crippen molar-refractivity contribution in [2.24, 2.45) is 11.8 Å². The van der Waals surface area contributed by atoms with Crippen molar-refractivity contribution in [1.82, 2.24) is 10.2 Å². The average molecular weight is 380 g/mol. The van der Waals surface area contributed by atoms with E-state index >= 15 is 4.39 Å². The zero-order chi connectivity index (χ0) is 20.1. The molecule has 2 saturated heterocycles. The van der Waals surface area contributed by atoms with Crippen LogP contribution >= 0.6 is 0 Å². The molecular formula is C21H30F2N2O2. The molecule has 0 aromatic heterocycles. The van der Waals surface area contributed by atoms with Crippen molar-refractivity contribution in [3.8, 4) is 0 Å². The highest BCUT2D eigenvalue weighted by molar-refractivity contribution is 6.00. The number of piperidine rings is 2. The number of amides is 2. The Hall–Kier alpha value is -1.98. The number of halogens is 2. The van der Waals surface area contributed by atoms with E-state index in [9.17, 15) is 14.0 Å². The lowest BCUT2D eigenvalue weighted by molar-refractivity contribution is -0.135. The largest absolute Gasteiger partial charge is 0.369 e. The first-order valence-corrected chi connectivity index (χ1v) is 9.72. The number of carbonyl (C=O) groups is 2. The van der Waals surface area contributed by atoms with Crippen LogP contribution in [0.1, 0.15) is 53.4 Å². The van der Waals surface area contributed by atoms with Gasteiger partial charge in [0.1, 0.15) is 12.0 Å². The lowest BCUT2D eigenvalue weighted by Crippen LogP contribution is -2.41. The Balaban J connectivity index is 2.29. The molecule has 2 aliphatic heterocycles. The Morgan fingerprint density at radius 2 is 2.00 bits per heavy atom. The minimum Gasteiger partial charge on any atom is -0.369 e. The first kappa shape index (κ1) is 21.3. The highest BCUT2D eigenvalue weighted by Crippen LogP contribution is 2.31. The van der Waals surface area contributed by atoms with Crippen LogP contribution in [-0.2, 0) is 9.59 Å². The van der Waals surface area contributed by atoms with Crippen LogP contribution in [0, 0.1) is 11.8 Å². The molecule has 0 aliphatic carbocycles. The topological polar surface area (TPSA) is 49.4 Å². The molecule has 2 rings (SSSR count). The van der Waals surface area contributed by atoms with Gasteiger partial charge in [0.2, 0.25) is 11.8 Å². The molecule has 3 atom stereocenters. The van der Waals surface area contributed by atoms with Crippen LogP contribution in [0.3, 0.4) is 0 Å². The smallest absolute Gasteiger partial charge is 0.234 e. The molecule has 1 N–H and O–H groups in total. The van der Waals surface area contributed by atoms with Crippen LogP contribution in [0.5, 0.6) is 0 Å². The van der Waals surface area contributed by atoms with Crippen molar-refractivity contribution >= 4 is 11.8 Å². The third-order valence-electron chi connectivity index (χ3n) is 5.30. The molecule has 0 saturated carbocycles. The number of allylic oxidation sites excluding steroid dienone is 4. The van der Waals surface area contributed by atoms with Crippen molar-refractivity contribution in [1.29, 1.82) is 0 Å². The zero-order valence-electron chi connectivity index (χ0n) is 16.6. The molecule has 2 heterocycles. The molecule has 6 heteroatoms. The van der Waals surface area contributed by atoms with E-state index in [1.807, 2.05) is 32.6 Å². The van der Waals surface area contributed by atoms with Crippen LogP contribution in [0.25, 0.3) is 0 Å². The summed E-state index contributed by atoms with van der Waals surface area (Å²) in [6.07, 6.45) is 3.98. The second-order valence-corrected chi connectivity index (χ2v) is 7.68. The van der Waals surface area contributed by atoms with E-state index in [1.54, 1.807) is 6.08 Å². The van der Waals surface area contributed by atoms with Crippen LogP contribution < -0.4 is 5.32 Å². The van der Waals surface area contributed by atoms with Gasteiger partial charge in [-0.2, -0.15) is 0 Å². The Morgan fingerprint density at radius 3 is 2.56 bits per heavy atom. The van der Waals surface area contributed by atoms with Gasteiger partial charge in [0.25, 0.3) is 0 Å². The Labute approximate surface area is 160 Å². The maximum Gasteiger partial charge on any atom is 0.234 e. The standard InChI is InChI=1S/C21H30F2N2O2/c1-5-6-15(16-7-8-20(26)24-21(16)27)17(22)11-19(13(2)3)25-10-9-14(4)18(23)12-25/h6,11,14,16,18H,5,7-10,12H2,1-4H3,(H,24,26,27)/b15-6-,17-11+. The summed E-state index contributed by atoms with van der Waals surface area (Å²) in [5.41, 5.74) is 1.87. The molecule has 3 unspecified atom stereocenters. The summed E-state index contributed by atoms with van der Waals surface area (Å²) in [6.45, 7) is 8.44. The fraction of sp³-hybridized carbons (Fsp3) is 0.619. The van der Waals surface area contributed by atoms with Gasteiger partial charge in [-0.25, -0.2) is 8.78 Å². The van der Waals surface area contributed by atoms with Gasteiger partial charge < -0.3 is 4.90 Å². The predicted octanol–water partition coefficient (Wildman–Crippen LogP) is 4.20. The average Bonchev–Trinajstić information content (AvgIpc) is 2.60. The SMILES string of the molecule is CC/C=C(\C(F)=C/C(=C(C)C)N1CCC(C)C(F)C1)C1CCC(=O)NC1=O. The maximum atomic E-state index is 15.2. The molecule has 2 fully saturated rings. The van der Waals surface area contributed by atoms with Crippen LogP contribution in [0.4, 0.5) is 8.78 Å². The molecule has 2 amide bonds. The highest BCUT2D eigenvalue weighted by atomic mass is 19.1. The summed E-state index contributed by atoms with van der Waals surface area (Å²) < 4.78 is 29.4. The van der Waals surface area contributed by atoms with Gasteiger partial charge in [-0.3, -0.25) is 14.9 Å². The number of likely N-dealkylation sites (tertiary alicyclic amines) is 1. The van der Waals surface area contributed by atoms with Crippen LogP contribution in [0.2, 0.25) is 0 Å². The summed E-state index contributed by atoms with van der Waals surface area (Å²) in [7, 11) is 0. The first-order valence-electron chi connectivity index (χ1n) is 9.72. The van der Waals surface area contributed by atoms with E-state index in [0.717, 1.165) is 12.0 Å². The second kappa shape index (κ2) is 9.29. The summed E-state index contributed by atoms with van der Waals surface area (Å²) in [5.74, 6) is -1.93. The maximum absolute atomic E-state index is 15.2. The molecule has 27 heavy (non-hydrogen) atoms. The monoisotopic (exact) mass is 380 g/mol. The molecule has 0 bridgehead atoms. The summed E-state index contributed by atoms with van der Waals surface area (Å²) in [4.78, 5) is 25.5. The second-order valence-electron chi connectivity index (χ2n) is 7.68. The summed E-state index contributed by atoms with van der Waals surface area (Å²) >= 11 is 0. The molecule has 4 nitrogen and oxygen atoms in total. The van der Waals surface area contributed by atoms with E-state index in [1.165, 1.54) is 6.08 Å². The van der Waals surface area contributed by atoms with Gasteiger partial charge in [-0.15, -0.1) is 0 Å². The molecule has 150 valence electrons. The number of imide groups is 1. The molecule has 0 spiro atoms. The lowest BCUT2D eigenvalue weighted by atomic mass is 9.88. The number of alkyl halides is 1. The van der Waals surface area contributed by atoms with Gasteiger partial charge in [0, 0.05) is 25.2 Å². The fourth-order valence-electron chi connectivity index (χ4n) is 3.61. The number of nitrogens with one attached hydrogen (secondary N) is 1. The minimum atomic E-state index is -0.939. The molecule has 0 aromatic rings. The van der Waals surface area contributed by atoms with Gasteiger partial charge in [-0.1, -0.05) is 25.5 Å². The van der Waals surface area contributed by atoms with Crippen LogP contribution in [0.15, 0.2) is 34.8 Å². The predicted molar refractivity (Wildman–Crippen MR) is 102 cm³/mol. The molecule has 0 radical (unpaired) electrons.